The van der Waals surface area contributed by atoms with Gasteiger partial charge in [0.15, 0.2) is 6.61 Å². The first-order chi connectivity index (χ1) is 16.3. The van der Waals surface area contributed by atoms with E-state index in [1.54, 1.807) is 17.0 Å². The minimum absolute atomic E-state index is 0.0980. The summed E-state index contributed by atoms with van der Waals surface area (Å²) in [5.41, 5.74) is 2.09. The van der Waals surface area contributed by atoms with Crippen molar-refractivity contribution in [1.29, 1.82) is 0 Å². The van der Waals surface area contributed by atoms with E-state index in [1.807, 2.05) is 37.3 Å². The quantitative estimate of drug-likeness (QED) is 0.369. The van der Waals surface area contributed by atoms with Crippen LogP contribution in [0, 0.1) is 0 Å². The maximum Gasteiger partial charge on any atom is 0.261 e. The zero-order valence-corrected chi connectivity index (χ0v) is 22.5. The van der Waals surface area contributed by atoms with Gasteiger partial charge in [0, 0.05) is 17.6 Å². The standard InChI is InChI=1S/C27H34BrClN2O3/c1-4-24(27(33)30-22-7-5-6-8-22)31(16-19-9-12-21(29)13-10-19)26(32)17-34-25-14-11-20(18(2)3)15-23(25)28/h9-15,18,22,24H,4-8,16-17H2,1-3H3,(H,30,33)/t24-/m1/s1. The van der Waals surface area contributed by atoms with Gasteiger partial charge in [0.25, 0.3) is 5.91 Å². The Morgan fingerprint density at radius 2 is 1.82 bits per heavy atom. The predicted molar refractivity (Wildman–Crippen MR) is 140 cm³/mol. The number of benzene rings is 2. The summed E-state index contributed by atoms with van der Waals surface area (Å²) in [7, 11) is 0. The topological polar surface area (TPSA) is 58.6 Å². The molecule has 0 saturated heterocycles. The molecule has 7 heteroatoms. The first-order valence-electron chi connectivity index (χ1n) is 12.0. The smallest absolute Gasteiger partial charge is 0.261 e. The molecule has 2 amide bonds. The summed E-state index contributed by atoms with van der Waals surface area (Å²) >= 11 is 9.59. The average molecular weight is 550 g/mol. The lowest BCUT2D eigenvalue weighted by atomic mass is 10.0. The molecule has 1 N–H and O–H groups in total. The van der Waals surface area contributed by atoms with E-state index < -0.39 is 6.04 Å². The van der Waals surface area contributed by atoms with Crippen molar-refractivity contribution in [3.8, 4) is 5.75 Å². The lowest BCUT2D eigenvalue weighted by Gasteiger charge is -2.31. The Kier molecular flexibility index (Phi) is 9.84. The Labute approximate surface area is 216 Å². The van der Waals surface area contributed by atoms with Crippen molar-refractivity contribution in [3.63, 3.8) is 0 Å². The number of nitrogens with one attached hydrogen (secondary N) is 1. The van der Waals surface area contributed by atoms with Gasteiger partial charge in [-0.15, -0.1) is 0 Å². The molecule has 2 aromatic carbocycles. The third-order valence-corrected chi connectivity index (χ3v) is 7.20. The average Bonchev–Trinajstić information content (AvgIpc) is 3.32. The fraction of sp³-hybridized carbons (Fsp3) is 0.481. The molecule has 5 nitrogen and oxygen atoms in total. The van der Waals surface area contributed by atoms with Gasteiger partial charge in [-0.2, -0.15) is 0 Å². The van der Waals surface area contributed by atoms with Crippen LogP contribution in [-0.4, -0.2) is 35.4 Å². The highest BCUT2D eigenvalue weighted by atomic mass is 79.9. The van der Waals surface area contributed by atoms with Crippen LogP contribution in [0.5, 0.6) is 5.75 Å². The molecule has 1 aliphatic carbocycles. The van der Waals surface area contributed by atoms with E-state index >= 15 is 0 Å². The van der Waals surface area contributed by atoms with Gasteiger partial charge in [-0.1, -0.05) is 63.4 Å². The lowest BCUT2D eigenvalue weighted by Crippen LogP contribution is -2.52. The van der Waals surface area contributed by atoms with Crippen molar-refractivity contribution >= 4 is 39.3 Å². The largest absolute Gasteiger partial charge is 0.483 e. The summed E-state index contributed by atoms with van der Waals surface area (Å²) in [5, 5.41) is 3.79. The molecular formula is C27H34BrClN2O3. The van der Waals surface area contributed by atoms with E-state index in [4.69, 9.17) is 16.3 Å². The van der Waals surface area contributed by atoms with Crippen LogP contribution in [0.4, 0.5) is 0 Å². The zero-order chi connectivity index (χ0) is 24.7. The molecule has 0 aromatic heterocycles. The Morgan fingerprint density at radius 3 is 2.41 bits per heavy atom. The van der Waals surface area contributed by atoms with Crippen molar-refractivity contribution in [2.75, 3.05) is 6.61 Å². The second-order valence-electron chi connectivity index (χ2n) is 9.20. The summed E-state index contributed by atoms with van der Waals surface area (Å²) in [6, 6.07) is 12.9. The lowest BCUT2D eigenvalue weighted by molar-refractivity contribution is -0.143. The van der Waals surface area contributed by atoms with Crippen LogP contribution in [0.2, 0.25) is 5.02 Å². The molecule has 3 rings (SSSR count). The molecule has 0 spiro atoms. The van der Waals surface area contributed by atoms with Crippen LogP contribution in [-0.2, 0) is 16.1 Å². The first-order valence-corrected chi connectivity index (χ1v) is 13.2. The third kappa shape index (κ3) is 7.22. The molecule has 34 heavy (non-hydrogen) atoms. The van der Waals surface area contributed by atoms with Gasteiger partial charge < -0.3 is 15.0 Å². The van der Waals surface area contributed by atoms with Crippen molar-refractivity contribution in [3.05, 3.63) is 63.1 Å². The van der Waals surface area contributed by atoms with Gasteiger partial charge in [0.1, 0.15) is 11.8 Å². The predicted octanol–water partition coefficient (Wildman–Crippen LogP) is 6.47. The number of nitrogens with zero attached hydrogens (tertiary/aromatic N) is 1. The van der Waals surface area contributed by atoms with Crippen molar-refractivity contribution in [2.24, 2.45) is 0 Å². The molecule has 0 heterocycles. The molecule has 1 saturated carbocycles. The summed E-state index contributed by atoms with van der Waals surface area (Å²) < 4.78 is 6.70. The molecule has 1 atom stereocenters. The summed E-state index contributed by atoms with van der Waals surface area (Å²) in [6.45, 7) is 6.34. The Bertz CT molecular complexity index is 974. The molecule has 2 aromatic rings. The van der Waals surface area contributed by atoms with Crippen molar-refractivity contribution in [2.45, 2.75) is 77.4 Å². The number of hydrogen-bond acceptors (Lipinski definition) is 3. The van der Waals surface area contributed by atoms with E-state index in [1.165, 1.54) is 5.56 Å². The van der Waals surface area contributed by atoms with E-state index in [0.29, 0.717) is 29.7 Å². The van der Waals surface area contributed by atoms with Crippen LogP contribution >= 0.6 is 27.5 Å². The second-order valence-corrected chi connectivity index (χ2v) is 10.5. The number of ether oxygens (including phenoxy) is 1. The number of amides is 2. The van der Waals surface area contributed by atoms with Crippen LogP contribution in [0.15, 0.2) is 46.9 Å². The van der Waals surface area contributed by atoms with Gasteiger partial charge >= 0.3 is 0 Å². The minimum atomic E-state index is -0.570. The molecule has 0 unspecified atom stereocenters. The van der Waals surface area contributed by atoms with Gasteiger partial charge in [0.05, 0.1) is 4.47 Å². The molecule has 1 fully saturated rings. The van der Waals surface area contributed by atoms with Crippen LogP contribution in [0.25, 0.3) is 0 Å². The van der Waals surface area contributed by atoms with Gasteiger partial charge in [-0.25, -0.2) is 0 Å². The van der Waals surface area contributed by atoms with Gasteiger partial charge in [-0.3, -0.25) is 9.59 Å². The van der Waals surface area contributed by atoms with E-state index in [-0.39, 0.29) is 24.5 Å². The summed E-state index contributed by atoms with van der Waals surface area (Å²) in [6.07, 6.45) is 4.78. The molecular weight excluding hydrogens is 516 g/mol. The number of carbonyl (C=O) groups is 2. The van der Waals surface area contributed by atoms with E-state index in [0.717, 1.165) is 35.7 Å². The normalized spacial score (nSPS) is 14.8. The highest BCUT2D eigenvalue weighted by Crippen LogP contribution is 2.29. The monoisotopic (exact) mass is 548 g/mol. The maximum atomic E-state index is 13.4. The van der Waals surface area contributed by atoms with Crippen molar-refractivity contribution < 1.29 is 14.3 Å². The highest BCUT2D eigenvalue weighted by molar-refractivity contribution is 9.10. The summed E-state index contributed by atoms with van der Waals surface area (Å²) in [5.74, 6) is 0.667. The number of halogens is 2. The number of carbonyl (C=O) groups excluding carboxylic acids is 2. The summed E-state index contributed by atoms with van der Waals surface area (Å²) in [4.78, 5) is 28.2. The fourth-order valence-electron chi connectivity index (χ4n) is 4.29. The van der Waals surface area contributed by atoms with Gasteiger partial charge in [-0.05, 0) is 76.5 Å². The highest BCUT2D eigenvalue weighted by Gasteiger charge is 2.31. The van der Waals surface area contributed by atoms with Crippen LogP contribution in [0.1, 0.15) is 69.9 Å². The number of hydrogen-bond donors (Lipinski definition) is 1. The second kappa shape index (κ2) is 12.6. The minimum Gasteiger partial charge on any atom is -0.483 e. The van der Waals surface area contributed by atoms with E-state index in [2.05, 4.69) is 35.1 Å². The first kappa shape index (κ1) is 26.6. The maximum absolute atomic E-state index is 13.4. The Balaban J connectivity index is 1.76. The molecule has 0 radical (unpaired) electrons. The Morgan fingerprint density at radius 1 is 1.15 bits per heavy atom. The molecule has 184 valence electrons. The van der Waals surface area contributed by atoms with Gasteiger partial charge in [0.2, 0.25) is 5.91 Å². The molecule has 1 aliphatic rings. The van der Waals surface area contributed by atoms with Crippen molar-refractivity contribution in [1.82, 2.24) is 10.2 Å². The Hall–Kier alpha value is -2.05. The third-order valence-electron chi connectivity index (χ3n) is 6.33. The molecule has 0 bridgehead atoms. The van der Waals surface area contributed by atoms with Crippen LogP contribution in [0.3, 0.4) is 0 Å². The molecule has 0 aliphatic heterocycles. The van der Waals surface area contributed by atoms with E-state index in [9.17, 15) is 9.59 Å². The number of rotatable bonds is 10. The fourth-order valence-corrected chi connectivity index (χ4v) is 4.93. The SMILES string of the molecule is CC[C@H](C(=O)NC1CCCC1)N(Cc1ccc(Cl)cc1)C(=O)COc1ccc(C(C)C)cc1Br. The van der Waals surface area contributed by atoms with Crippen LogP contribution < -0.4 is 10.1 Å². The zero-order valence-electron chi connectivity index (χ0n) is 20.2.